The van der Waals surface area contributed by atoms with Crippen molar-refractivity contribution >= 4 is 11.6 Å². The summed E-state index contributed by atoms with van der Waals surface area (Å²) in [6.07, 6.45) is 0. The molecule has 0 bridgehead atoms. The molecule has 2 rings (SSSR count). The number of nitrogens with zero attached hydrogens (tertiary/aromatic N) is 1. The van der Waals surface area contributed by atoms with Crippen LogP contribution in [-0.4, -0.2) is 30.5 Å². The van der Waals surface area contributed by atoms with E-state index in [9.17, 15) is 9.90 Å². The van der Waals surface area contributed by atoms with Crippen molar-refractivity contribution < 1.29 is 19.4 Å². The fourth-order valence-corrected chi connectivity index (χ4v) is 1.91. The number of fused-ring (bicyclic) bond motifs is 1. The molecule has 1 N–H and O–H groups in total. The van der Waals surface area contributed by atoms with Crippen LogP contribution in [0.25, 0.3) is 0 Å². The molecule has 1 amide bonds. The topological polar surface area (TPSA) is 59.0 Å². The number of carbonyl (C=O) groups is 1. The van der Waals surface area contributed by atoms with Crippen LogP contribution in [0.1, 0.15) is 19.4 Å². The van der Waals surface area contributed by atoms with Crippen molar-refractivity contribution in [1.29, 1.82) is 0 Å². The van der Waals surface area contributed by atoms with E-state index < -0.39 is 5.60 Å². The molecule has 5 heteroatoms. The molecule has 1 aliphatic rings. The van der Waals surface area contributed by atoms with E-state index in [0.29, 0.717) is 17.2 Å². The fourth-order valence-electron chi connectivity index (χ4n) is 1.91. The SMILES string of the molecule is Cc1cc2c(cc1N(C)C(=O)C(C)(C)O)OCO2. The van der Waals surface area contributed by atoms with Gasteiger partial charge < -0.3 is 19.5 Å². The molecule has 0 atom stereocenters. The lowest BCUT2D eigenvalue weighted by Gasteiger charge is -2.26. The van der Waals surface area contributed by atoms with E-state index in [1.54, 1.807) is 13.1 Å². The van der Waals surface area contributed by atoms with Crippen molar-refractivity contribution in [3.05, 3.63) is 17.7 Å². The number of hydrogen-bond donors (Lipinski definition) is 1. The van der Waals surface area contributed by atoms with Crippen LogP contribution in [0.3, 0.4) is 0 Å². The number of anilines is 1. The largest absolute Gasteiger partial charge is 0.454 e. The number of aliphatic hydroxyl groups is 1. The lowest BCUT2D eigenvalue weighted by atomic mass is 10.1. The van der Waals surface area contributed by atoms with Crippen molar-refractivity contribution in [3.8, 4) is 11.5 Å². The van der Waals surface area contributed by atoms with Gasteiger partial charge in [0.05, 0.1) is 5.69 Å². The summed E-state index contributed by atoms with van der Waals surface area (Å²) in [5.74, 6) is 0.927. The van der Waals surface area contributed by atoms with Gasteiger partial charge in [-0.3, -0.25) is 4.79 Å². The smallest absolute Gasteiger partial charge is 0.258 e. The zero-order valence-corrected chi connectivity index (χ0v) is 11.0. The highest BCUT2D eigenvalue weighted by Gasteiger charge is 2.29. The minimum atomic E-state index is -1.41. The van der Waals surface area contributed by atoms with Gasteiger partial charge in [-0.1, -0.05) is 0 Å². The number of amides is 1. The molecule has 0 unspecified atom stereocenters. The number of carbonyl (C=O) groups excluding carboxylic acids is 1. The number of hydrogen-bond acceptors (Lipinski definition) is 4. The average molecular weight is 251 g/mol. The van der Waals surface area contributed by atoms with Crippen LogP contribution in [0.4, 0.5) is 5.69 Å². The predicted octanol–water partition coefficient (Wildman–Crippen LogP) is 1.46. The highest BCUT2D eigenvalue weighted by atomic mass is 16.7. The van der Waals surface area contributed by atoms with Crippen LogP contribution in [0.5, 0.6) is 11.5 Å². The quantitative estimate of drug-likeness (QED) is 0.864. The second-order valence-electron chi connectivity index (χ2n) is 4.92. The Morgan fingerprint density at radius 3 is 2.44 bits per heavy atom. The summed E-state index contributed by atoms with van der Waals surface area (Å²) in [4.78, 5) is 13.4. The Morgan fingerprint density at radius 2 is 1.89 bits per heavy atom. The molecule has 0 fully saturated rings. The Balaban J connectivity index is 2.37. The van der Waals surface area contributed by atoms with Gasteiger partial charge >= 0.3 is 0 Å². The maximum Gasteiger partial charge on any atom is 0.258 e. The maximum absolute atomic E-state index is 12.0. The zero-order valence-electron chi connectivity index (χ0n) is 11.0. The molecule has 5 nitrogen and oxygen atoms in total. The van der Waals surface area contributed by atoms with Crippen LogP contribution in [0, 0.1) is 6.92 Å². The van der Waals surface area contributed by atoms with E-state index in [1.165, 1.54) is 18.7 Å². The normalized spacial score (nSPS) is 13.6. The maximum atomic E-state index is 12.0. The molecule has 0 saturated carbocycles. The molecule has 1 aromatic carbocycles. The number of ether oxygens (including phenoxy) is 2. The molecular weight excluding hydrogens is 234 g/mol. The molecule has 1 aromatic rings. The average Bonchev–Trinajstić information content (AvgIpc) is 2.71. The standard InChI is InChI=1S/C13H17NO4/c1-8-5-10-11(18-7-17-10)6-9(8)14(4)12(15)13(2,3)16/h5-6,16H,7H2,1-4H3. The Morgan fingerprint density at radius 1 is 1.33 bits per heavy atom. The van der Waals surface area contributed by atoms with Crippen LogP contribution in [0.15, 0.2) is 12.1 Å². The van der Waals surface area contributed by atoms with E-state index in [-0.39, 0.29) is 12.7 Å². The number of rotatable bonds is 2. The summed E-state index contributed by atoms with van der Waals surface area (Å²) in [5.41, 5.74) is 0.183. The second-order valence-corrected chi connectivity index (χ2v) is 4.92. The first kappa shape index (κ1) is 12.7. The summed E-state index contributed by atoms with van der Waals surface area (Å²) in [5, 5.41) is 9.76. The third-order valence-corrected chi connectivity index (χ3v) is 2.88. The van der Waals surface area contributed by atoms with Gasteiger partial charge in [0.15, 0.2) is 11.5 Å². The van der Waals surface area contributed by atoms with Crippen molar-refractivity contribution in [2.24, 2.45) is 0 Å². The molecule has 1 aliphatic heterocycles. The first-order chi connectivity index (χ1) is 8.30. The van der Waals surface area contributed by atoms with E-state index in [0.717, 1.165) is 5.56 Å². The molecule has 0 spiro atoms. The third-order valence-electron chi connectivity index (χ3n) is 2.88. The van der Waals surface area contributed by atoms with Crippen LogP contribution in [-0.2, 0) is 4.79 Å². The number of aryl methyl sites for hydroxylation is 1. The lowest BCUT2D eigenvalue weighted by Crippen LogP contribution is -2.43. The zero-order chi connectivity index (χ0) is 13.5. The van der Waals surface area contributed by atoms with Gasteiger partial charge in [0.2, 0.25) is 6.79 Å². The summed E-state index contributed by atoms with van der Waals surface area (Å²) in [7, 11) is 1.63. The van der Waals surface area contributed by atoms with Gasteiger partial charge in [0.1, 0.15) is 5.60 Å². The van der Waals surface area contributed by atoms with Crippen molar-refractivity contribution in [3.63, 3.8) is 0 Å². The van der Waals surface area contributed by atoms with Crippen LogP contribution < -0.4 is 14.4 Å². The Labute approximate surface area is 106 Å². The monoisotopic (exact) mass is 251 g/mol. The van der Waals surface area contributed by atoms with Gasteiger partial charge in [-0.15, -0.1) is 0 Å². The fraction of sp³-hybridized carbons (Fsp3) is 0.462. The number of benzene rings is 1. The molecule has 98 valence electrons. The van der Waals surface area contributed by atoms with Gasteiger partial charge in [-0.05, 0) is 32.4 Å². The summed E-state index contributed by atoms with van der Waals surface area (Å²) in [6.45, 7) is 5.01. The Bertz CT molecular complexity index is 490. The minimum absolute atomic E-state index is 0.196. The highest BCUT2D eigenvalue weighted by Crippen LogP contribution is 2.38. The Hall–Kier alpha value is -1.75. The first-order valence-corrected chi connectivity index (χ1v) is 5.71. The molecule has 0 aliphatic carbocycles. The minimum Gasteiger partial charge on any atom is -0.454 e. The van der Waals surface area contributed by atoms with Gasteiger partial charge in [-0.2, -0.15) is 0 Å². The van der Waals surface area contributed by atoms with Crippen molar-refractivity contribution in [2.75, 3.05) is 18.7 Å². The van der Waals surface area contributed by atoms with Gasteiger partial charge in [0.25, 0.3) is 5.91 Å². The van der Waals surface area contributed by atoms with Gasteiger partial charge in [0, 0.05) is 13.1 Å². The molecule has 1 heterocycles. The van der Waals surface area contributed by atoms with Crippen LogP contribution >= 0.6 is 0 Å². The van der Waals surface area contributed by atoms with E-state index >= 15 is 0 Å². The first-order valence-electron chi connectivity index (χ1n) is 5.71. The molecule has 0 aromatic heterocycles. The highest BCUT2D eigenvalue weighted by molar-refractivity contribution is 5.99. The molecule has 18 heavy (non-hydrogen) atoms. The summed E-state index contributed by atoms with van der Waals surface area (Å²) >= 11 is 0. The van der Waals surface area contributed by atoms with Crippen LogP contribution in [0.2, 0.25) is 0 Å². The van der Waals surface area contributed by atoms with E-state index in [1.807, 2.05) is 13.0 Å². The predicted molar refractivity (Wildman–Crippen MR) is 67.0 cm³/mol. The Kier molecular flexibility index (Phi) is 2.94. The van der Waals surface area contributed by atoms with Gasteiger partial charge in [-0.25, -0.2) is 0 Å². The summed E-state index contributed by atoms with van der Waals surface area (Å²) < 4.78 is 10.6. The third kappa shape index (κ3) is 2.13. The second kappa shape index (κ2) is 4.17. The lowest BCUT2D eigenvalue weighted by molar-refractivity contribution is -0.133. The van der Waals surface area contributed by atoms with E-state index in [4.69, 9.17) is 9.47 Å². The number of likely N-dealkylation sites (N-methyl/N-ethyl adjacent to an activating group) is 1. The van der Waals surface area contributed by atoms with Crippen molar-refractivity contribution in [1.82, 2.24) is 0 Å². The van der Waals surface area contributed by atoms with E-state index in [2.05, 4.69) is 0 Å². The molecule has 0 radical (unpaired) electrons. The van der Waals surface area contributed by atoms with Crippen molar-refractivity contribution in [2.45, 2.75) is 26.4 Å². The molecular formula is C13H17NO4. The summed E-state index contributed by atoms with van der Waals surface area (Å²) in [6, 6.07) is 3.58. The molecule has 0 saturated heterocycles.